The van der Waals surface area contributed by atoms with Crippen LogP contribution in [0.3, 0.4) is 0 Å². The highest BCUT2D eigenvalue weighted by Crippen LogP contribution is 1.93. The van der Waals surface area contributed by atoms with Crippen molar-refractivity contribution in [1.82, 2.24) is 0 Å². The van der Waals surface area contributed by atoms with Crippen molar-refractivity contribution < 1.29 is 19.1 Å². The minimum atomic E-state index is -0.273. The molecule has 0 aromatic rings. The van der Waals surface area contributed by atoms with E-state index >= 15 is 0 Å². The van der Waals surface area contributed by atoms with Crippen molar-refractivity contribution in [3.05, 3.63) is 0 Å². The molecule has 0 heterocycles. The lowest BCUT2D eigenvalue weighted by Crippen LogP contribution is -2.06. The summed E-state index contributed by atoms with van der Waals surface area (Å²) in [5.41, 5.74) is 0. The summed E-state index contributed by atoms with van der Waals surface area (Å²) in [4.78, 5) is 21.0. The molecule has 0 aliphatic heterocycles. The van der Waals surface area contributed by atoms with Gasteiger partial charge < -0.3 is 9.47 Å². The largest absolute Gasteiger partial charge is 0.466 e. The summed E-state index contributed by atoms with van der Waals surface area (Å²) in [5, 5.41) is 0. The number of rotatable bonds is 6. The van der Waals surface area contributed by atoms with E-state index in [-0.39, 0.29) is 11.9 Å². The quantitative estimate of drug-likeness (QED) is 0.465. The zero-order chi connectivity index (χ0) is 10.1. The lowest BCUT2D eigenvalue weighted by molar-refractivity contribution is -0.144. The smallest absolute Gasteiger partial charge is 0.305 e. The van der Waals surface area contributed by atoms with Crippen LogP contribution in [0.25, 0.3) is 0 Å². The molecule has 0 unspecified atom stereocenters. The molecule has 0 aliphatic carbocycles. The highest BCUT2D eigenvalue weighted by molar-refractivity contribution is 5.68. The molecule has 0 spiro atoms. The summed E-state index contributed by atoms with van der Waals surface area (Å²) in [6, 6.07) is 0. The van der Waals surface area contributed by atoms with Gasteiger partial charge in [0.25, 0.3) is 0 Å². The maximum atomic E-state index is 10.6. The standard InChI is InChI=1S/C9H16O4/c1-3-9(11)13-7-5-4-6-12-8(2)10/h3-7H2,1-2H3. The van der Waals surface area contributed by atoms with E-state index < -0.39 is 0 Å². The molecule has 4 nitrogen and oxygen atoms in total. The fourth-order valence-electron chi connectivity index (χ4n) is 0.708. The number of carbonyl (C=O) groups is 2. The van der Waals surface area contributed by atoms with Gasteiger partial charge in [-0.05, 0) is 12.8 Å². The van der Waals surface area contributed by atoms with E-state index in [2.05, 4.69) is 0 Å². The SMILES string of the molecule is CCC(=O)OCCCCOC(C)=O. The lowest BCUT2D eigenvalue weighted by atomic mass is 10.3. The normalized spacial score (nSPS) is 9.38. The molecule has 0 aromatic carbocycles. The van der Waals surface area contributed by atoms with Crippen LogP contribution in [0.1, 0.15) is 33.1 Å². The molecule has 0 bridgehead atoms. The first-order chi connectivity index (χ1) is 6.16. The van der Waals surface area contributed by atoms with E-state index in [1.165, 1.54) is 6.92 Å². The van der Waals surface area contributed by atoms with E-state index in [9.17, 15) is 9.59 Å². The predicted octanol–water partition coefficient (Wildman–Crippen LogP) is 1.28. The molecule has 4 heteroatoms. The summed E-state index contributed by atoms with van der Waals surface area (Å²) in [7, 11) is 0. The number of esters is 2. The Labute approximate surface area is 78.2 Å². The molecule has 0 amide bonds. The van der Waals surface area contributed by atoms with Crippen molar-refractivity contribution in [1.29, 1.82) is 0 Å². The van der Waals surface area contributed by atoms with Gasteiger partial charge in [-0.2, -0.15) is 0 Å². The molecule has 0 saturated carbocycles. The molecule has 0 N–H and O–H groups in total. The maximum absolute atomic E-state index is 10.6. The van der Waals surface area contributed by atoms with Crippen molar-refractivity contribution in [2.75, 3.05) is 13.2 Å². The summed E-state index contributed by atoms with van der Waals surface area (Å²) in [6.45, 7) is 3.94. The number of hydrogen-bond donors (Lipinski definition) is 0. The Bertz CT molecular complexity index is 165. The Kier molecular flexibility index (Phi) is 6.96. The van der Waals surface area contributed by atoms with Crippen LogP contribution in [0.5, 0.6) is 0 Å². The first-order valence-corrected chi connectivity index (χ1v) is 4.45. The van der Waals surface area contributed by atoms with Gasteiger partial charge in [0.15, 0.2) is 0 Å². The van der Waals surface area contributed by atoms with Crippen molar-refractivity contribution in [3.8, 4) is 0 Å². The summed E-state index contributed by atoms with van der Waals surface area (Å²) in [6.07, 6.45) is 1.87. The van der Waals surface area contributed by atoms with Crippen LogP contribution in [-0.2, 0) is 19.1 Å². The monoisotopic (exact) mass is 188 g/mol. The Hall–Kier alpha value is -1.06. The molecular formula is C9H16O4. The maximum Gasteiger partial charge on any atom is 0.305 e. The molecule has 0 radical (unpaired) electrons. The second kappa shape index (κ2) is 7.58. The third kappa shape index (κ3) is 8.85. The lowest BCUT2D eigenvalue weighted by Gasteiger charge is -2.03. The number of ether oxygens (including phenoxy) is 2. The summed E-state index contributed by atoms with van der Waals surface area (Å²) in [5.74, 6) is -0.460. The van der Waals surface area contributed by atoms with Gasteiger partial charge in [0, 0.05) is 13.3 Å². The zero-order valence-electron chi connectivity index (χ0n) is 8.17. The third-order valence-electron chi connectivity index (χ3n) is 1.40. The first kappa shape index (κ1) is 11.9. The predicted molar refractivity (Wildman–Crippen MR) is 47.1 cm³/mol. The average molecular weight is 188 g/mol. The van der Waals surface area contributed by atoms with Crippen LogP contribution in [0.4, 0.5) is 0 Å². The molecule has 0 fully saturated rings. The van der Waals surface area contributed by atoms with Crippen LogP contribution in [-0.4, -0.2) is 25.2 Å². The molecule has 76 valence electrons. The van der Waals surface area contributed by atoms with Gasteiger partial charge in [-0.25, -0.2) is 0 Å². The van der Waals surface area contributed by atoms with Gasteiger partial charge in [-0.15, -0.1) is 0 Å². The second-order valence-electron chi connectivity index (χ2n) is 2.62. The second-order valence-corrected chi connectivity index (χ2v) is 2.62. The third-order valence-corrected chi connectivity index (χ3v) is 1.40. The Balaban J connectivity index is 3.08. The van der Waals surface area contributed by atoms with Crippen molar-refractivity contribution in [2.24, 2.45) is 0 Å². The fourth-order valence-corrected chi connectivity index (χ4v) is 0.708. The van der Waals surface area contributed by atoms with E-state index in [0.29, 0.717) is 19.6 Å². The van der Waals surface area contributed by atoms with Crippen LogP contribution in [0.2, 0.25) is 0 Å². The molecule has 0 saturated heterocycles. The zero-order valence-corrected chi connectivity index (χ0v) is 8.17. The van der Waals surface area contributed by atoms with Gasteiger partial charge >= 0.3 is 11.9 Å². The van der Waals surface area contributed by atoms with E-state index in [4.69, 9.17) is 9.47 Å². The van der Waals surface area contributed by atoms with Gasteiger partial charge in [0.1, 0.15) is 0 Å². The first-order valence-electron chi connectivity index (χ1n) is 4.45. The topological polar surface area (TPSA) is 52.6 Å². The fraction of sp³-hybridized carbons (Fsp3) is 0.778. The Morgan fingerprint density at radius 1 is 1.08 bits per heavy atom. The van der Waals surface area contributed by atoms with Gasteiger partial charge in [0.2, 0.25) is 0 Å². The number of hydrogen-bond acceptors (Lipinski definition) is 4. The summed E-state index contributed by atoms with van der Waals surface area (Å²) < 4.78 is 9.51. The van der Waals surface area contributed by atoms with E-state index in [1.54, 1.807) is 6.92 Å². The molecule has 0 aromatic heterocycles. The van der Waals surface area contributed by atoms with Crippen molar-refractivity contribution >= 4 is 11.9 Å². The van der Waals surface area contributed by atoms with Crippen molar-refractivity contribution in [2.45, 2.75) is 33.1 Å². The molecule has 0 aliphatic rings. The molecule has 13 heavy (non-hydrogen) atoms. The van der Waals surface area contributed by atoms with E-state index in [0.717, 1.165) is 12.8 Å². The van der Waals surface area contributed by atoms with Gasteiger partial charge in [-0.1, -0.05) is 6.92 Å². The van der Waals surface area contributed by atoms with Crippen LogP contribution < -0.4 is 0 Å². The van der Waals surface area contributed by atoms with Crippen LogP contribution in [0.15, 0.2) is 0 Å². The van der Waals surface area contributed by atoms with Crippen molar-refractivity contribution in [3.63, 3.8) is 0 Å². The summed E-state index contributed by atoms with van der Waals surface area (Å²) >= 11 is 0. The molecular weight excluding hydrogens is 172 g/mol. The number of unbranched alkanes of at least 4 members (excludes halogenated alkanes) is 1. The Morgan fingerprint density at radius 3 is 2.08 bits per heavy atom. The highest BCUT2D eigenvalue weighted by atomic mass is 16.5. The van der Waals surface area contributed by atoms with E-state index in [1.807, 2.05) is 0 Å². The molecule has 0 atom stereocenters. The van der Waals surface area contributed by atoms with Crippen LogP contribution in [0, 0.1) is 0 Å². The minimum Gasteiger partial charge on any atom is -0.466 e. The number of carbonyl (C=O) groups excluding carboxylic acids is 2. The van der Waals surface area contributed by atoms with Gasteiger partial charge in [0.05, 0.1) is 13.2 Å². The van der Waals surface area contributed by atoms with Gasteiger partial charge in [-0.3, -0.25) is 9.59 Å². The Morgan fingerprint density at radius 2 is 1.62 bits per heavy atom. The molecule has 0 rings (SSSR count). The minimum absolute atomic E-state index is 0.188. The average Bonchev–Trinajstić information content (AvgIpc) is 2.10. The van der Waals surface area contributed by atoms with Crippen LogP contribution >= 0.6 is 0 Å². The highest BCUT2D eigenvalue weighted by Gasteiger charge is 1.97.